The first-order chi connectivity index (χ1) is 10.1. The van der Waals surface area contributed by atoms with E-state index in [0.29, 0.717) is 16.9 Å². The zero-order valence-corrected chi connectivity index (χ0v) is 12.1. The van der Waals surface area contributed by atoms with Crippen LogP contribution in [0, 0.1) is 6.92 Å². The SMILES string of the molecule is Cc1cc2c(=O)n(Cc3ccsc3C(=O)NN)ccn2n1. The lowest BCUT2D eigenvalue weighted by Crippen LogP contribution is -2.30. The second-order valence-corrected chi connectivity index (χ2v) is 5.51. The number of aryl methyl sites for hydroxylation is 1. The molecule has 3 N–H and O–H groups in total. The summed E-state index contributed by atoms with van der Waals surface area (Å²) in [6, 6.07) is 3.55. The minimum absolute atomic E-state index is 0.150. The Labute approximate surface area is 123 Å². The number of carbonyl (C=O) groups excluding carboxylic acids is 1. The maximum Gasteiger partial charge on any atom is 0.276 e. The molecule has 0 bridgehead atoms. The molecular formula is C13H13N5O2S. The fourth-order valence-electron chi connectivity index (χ4n) is 2.18. The van der Waals surface area contributed by atoms with Crippen molar-refractivity contribution in [3.8, 4) is 0 Å². The Morgan fingerprint density at radius 2 is 2.29 bits per heavy atom. The Morgan fingerprint density at radius 1 is 1.48 bits per heavy atom. The summed E-state index contributed by atoms with van der Waals surface area (Å²) in [5.74, 6) is 4.81. The standard InChI is InChI=1S/C13H13N5O2S/c1-8-6-10-13(20)17(3-4-18(10)16-8)7-9-2-5-21-11(9)12(19)15-14/h2-6H,7,14H2,1H3,(H,15,19). The summed E-state index contributed by atoms with van der Waals surface area (Å²) in [6.07, 6.45) is 3.38. The van der Waals surface area contributed by atoms with Crippen LogP contribution in [-0.2, 0) is 6.54 Å². The van der Waals surface area contributed by atoms with Crippen molar-refractivity contribution in [1.29, 1.82) is 0 Å². The van der Waals surface area contributed by atoms with Crippen LogP contribution in [0.25, 0.3) is 5.52 Å². The number of hydrogen-bond acceptors (Lipinski definition) is 5. The predicted octanol–water partition coefficient (Wildman–Crippen LogP) is 0.518. The molecule has 0 unspecified atom stereocenters. The van der Waals surface area contributed by atoms with Crippen LogP contribution in [0.4, 0.5) is 0 Å². The number of amides is 1. The van der Waals surface area contributed by atoms with Crippen molar-refractivity contribution >= 4 is 22.8 Å². The molecule has 3 rings (SSSR count). The molecule has 0 radical (unpaired) electrons. The maximum atomic E-state index is 12.4. The van der Waals surface area contributed by atoms with Crippen molar-refractivity contribution < 1.29 is 4.79 Å². The molecule has 3 aromatic heterocycles. The van der Waals surface area contributed by atoms with Gasteiger partial charge in [-0.15, -0.1) is 11.3 Å². The summed E-state index contributed by atoms with van der Waals surface area (Å²) in [7, 11) is 0. The normalized spacial score (nSPS) is 11.0. The van der Waals surface area contributed by atoms with Crippen LogP contribution in [0.5, 0.6) is 0 Å². The lowest BCUT2D eigenvalue weighted by Gasteiger charge is -2.06. The Morgan fingerprint density at radius 3 is 3.05 bits per heavy atom. The van der Waals surface area contributed by atoms with Crippen molar-refractivity contribution in [2.45, 2.75) is 13.5 Å². The Bertz CT molecular complexity index is 876. The average Bonchev–Trinajstić information content (AvgIpc) is 3.07. The van der Waals surface area contributed by atoms with Gasteiger partial charge in [0.05, 0.1) is 17.1 Å². The van der Waals surface area contributed by atoms with Crippen LogP contribution in [-0.4, -0.2) is 20.1 Å². The third kappa shape index (κ3) is 2.34. The number of nitrogen functional groups attached to an aromatic ring is 1. The van der Waals surface area contributed by atoms with E-state index < -0.39 is 0 Å². The quantitative estimate of drug-likeness (QED) is 0.419. The number of aromatic nitrogens is 3. The van der Waals surface area contributed by atoms with Gasteiger partial charge in [-0.1, -0.05) is 0 Å². The maximum absolute atomic E-state index is 12.4. The number of hydrazine groups is 1. The number of nitrogens with one attached hydrogen (secondary N) is 1. The molecule has 0 spiro atoms. The number of carbonyl (C=O) groups is 1. The molecule has 0 aliphatic heterocycles. The molecular weight excluding hydrogens is 290 g/mol. The lowest BCUT2D eigenvalue weighted by molar-refractivity contribution is 0.0957. The minimum Gasteiger partial charge on any atom is -0.308 e. The molecule has 0 fully saturated rings. The zero-order chi connectivity index (χ0) is 15.0. The van der Waals surface area contributed by atoms with E-state index in [9.17, 15) is 9.59 Å². The number of hydrogen-bond donors (Lipinski definition) is 2. The second kappa shape index (κ2) is 5.15. The molecule has 1 amide bonds. The first-order valence-corrected chi connectivity index (χ1v) is 7.11. The smallest absolute Gasteiger partial charge is 0.276 e. The largest absolute Gasteiger partial charge is 0.308 e. The molecule has 0 aliphatic carbocycles. The summed E-state index contributed by atoms with van der Waals surface area (Å²) >= 11 is 1.29. The van der Waals surface area contributed by atoms with E-state index >= 15 is 0 Å². The van der Waals surface area contributed by atoms with E-state index in [2.05, 4.69) is 10.5 Å². The van der Waals surface area contributed by atoms with Crippen molar-refractivity contribution in [1.82, 2.24) is 19.6 Å². The topological polar surface area (TPSA) is 94.4 Å². The summed E-state index contributed by atoms with van der Waals surface area (Å²) in [6.45, 7) is 2.14. The molecule has 0 aliphatic rings. The predicted molar refractivity (Wildman–Crippen MR) is 79.3 cm³/mol. The van der Waals surface area contributed by atoms with Crippen molar-refractivity contribution in [3.63, 3.8) is 0 Å². The van der Waals surface area contributed by atoms with Gasteiger partial charge in [-0.05, 0) is 30.0 Å². The average molecular weight is 303 g/mol. The summed E-state index contributed by atoms with van der Waals surface area (Å²) in [4.78, 5) is 24.6. The van der Waals surface area contributed by atoms with Crippen LogP contribution in [0.15, 0.2) is 34.7 Å². The van der Waals surface area contributed by atoms with Gasteiger partial charge in [0, 0.05) is 12.4 Å². The molecule has 0 atom stereocenters. The summed E-state index contributed by atoms with van der Waals surface area (Å²) < 4.78 is 3.10. The monoisotopic (exact) mass is 303 g/mol. The Balaban J connectivity index is 2.03. The number of thiophene rings is 1. The molecule has 3 heterocycles. The van der Waals surface area contributed by atoms with E-state index in [-0.39, 0.29) is 11.5 Å². The van der Waals surface area contributed by atoms with E-state index in [1.165, 1.54) is 11.3 Å². The number of nitrogens with two attached hydrogens (primary N) is 1. The van der Waals surface area contributed by atoms with Gasteiger partial charge in [-0.3, -0.25) is 15.0 Å². The van der Waals surface area contributed by atoms with Gasteiger partial charge in [-0.2, -0.15) is 5.10 Å². The Hall–Kier alpha value is -2.45. The fraction of sp³-hybridized carbons (Fsp3) is 0.154. The highest BCUT2D eigenvalue weighted by atomic mass is 32.1. The van der Waals surface area contributed by atoms with E-state index in [1.54, 1.807) is 32.9 Å². The number of rotatable bonds is 3. The van der Waals surface area contributed by atoms with Crippen LogP contribution >= 0.6 is 11.3 Å². The molecule has 0 aromatic carbocycles. The second-order valence-electron chi connectivity index (χ2n) is 4.60. The van der Waals surface area contributed by atoms with Gasteiger partial charge in [0.15, 0.2) is 0 Å². The molecule has 108 valence electrons. The first-order valence-electron chi connectivity index (χ1n) is 6.23. The van der Waals surface area contributed by atoms with Gasteiger partial charge in [0.25, 0.3) is 11.5 Å². The first kappa shape index (κ1) is 13.5. The Kier molecular flexibility index (Phi) is 3.32. The third-order valence-electron chi connectivity index (χ3n) is 3.15. The number of fused-ring (bicyclic) bond motifs is 1. The fourth-order valence-corrected chi connectivity index (χ4v) is 3.00. The van der Waals surface area contributed by atoms with Crippen LogP contribution in [0.3, 0.4) is 0 Å². The summed E-state index contributed by atoms with van der Waals surface area (Å²) in [5.41, 5.74) is 4.01. The number of nitrogens with zero attached hydrogens (tertiary/aromatic N) is 3. The van der Waals surface area contributed by atoms with Gasteiger partial charge < -0.3 is 4.57 Å². The highest BCUT2D eigenvalue weighted by Crippen LogP contribution is 2.17. The molecule has 7 nitrogen and oxygen atoms in total. The molecule has 21 heavy (non-hydrogen) atoms. The van der Waals surface area contributed by atoms with Crippen LogP contribution in [0.1, 0.15) is 20.9 Å². The molecule has 0 saturated carbocycles. The van der Waals surface area contributed by atoms with Crippen molar-refractivity contribution in [3.05, 3.63) is 56.4 Å². The lowest BCUT2D eigenvalue weighted by atomic mass is 10.2. The third-order valence-corrected chi connectivity index (χ3v) is 4.11. The van der Waals surface area contributed by atoms with Crippen LogP contribution < -0.4 is 16.8 Å². The molecule has 0 saturated heterocycles. The van der Waals surface area contributed by atoms with Crippen LogP contribution in [0.2, 0.25) is 0 Å². The van der Waals surface area contributed by atoms with E-state index in [4.69, 9.17) is 5.84 Å². The highest BCUT2D eigenvalue weighted by Gasteiger charge is 2.13. The highest BCUT2D eigenvalue weighted by molar-refractivity contribution is 7.12. The van der Waals surface area contributed by atoms with Crippen molar-refractivity contribution in [2.24, 2.45) is 5.84 Å². The van der Waals surface area contributed by atoms with Gasteiger partial charge in [-0.25, -0.2) is 10.4 Å². The summed E-state index contributed by atoms with van der Waals surface area (Å²) in [5, 5.41) is 5.99. The van der Waals surface area contributed by atoms with Gasteiger partial charge in [0.1, 0.15) is 5.52 Å². The van der Waals surface area contributed by atoms with Crippen molar-refractivity contribution in [2.75, 3.05) is 0 Å². The minimum atomic E-state index is -0.352. The molecule has 3 aromatic rings. The van der Waals surface area contributed by atoms with Gasteiger partial charge >= 0.3 is 0 Å². The van der Waals surface area contributed by atoms with E-state index in [0.717, 1.165) is 11.3 Å². The van der Waals surface area contributed by atoms with Gasteiger partial charge in [0.2, 0.25) is 0 Å². The zero-order valence-electron chi connectivity index (χ0n) is 11.2. The molecule has 8 heteroatoms. The van der Waals surface area contributed by atoms with E-state index in [1.807, 2.05) is 13.0 Å².